The minimum absolute atomic E-state index is 0. The molecule has 1 N–H and O–H groups in total. The van der Waals surface area contributed by atoms with Gasteiger partial charge in [0.15, 0.2) is 0 Å². The molecule has 0 amide bonds. The topological polar surface area (TPSA) is 64.8 Å². The van der Waals surface area contributed by atoms with Crippen LogP contribution in [0.4, 0.5) is 20.2 Å². The first-order valence-electron chi connectivity index (χ1n) is 13.5. The summed E-state index contributed by atoms with van der Waals surface area (Å²) in [5.41, 5.74) is 3.20. The summed E-state index contributed by atoms with van der Waals surface area (Å²) in [6.45, 7) is 9.72. The van der Waals surface area contributed by atoms with Crippen LogP contribution in [-0.2, 0) is 0 Å². The van der Waals surface area contributed by atoms with Crippen molar-refractivity contribution >= 4 is 41.4 Å². The Labute approximate surface area is 244 Å². The summed E-state index contributed by atoms with van der Waals surface area (Å²) in [5.74, 6) is -1.40. The van der Waals surface area contributed by atoms with Crippen LogP contribution in [0.15, 0.2) is 48.7 Å². The number of halogens is 4. The van der Waals surface area contributed by atoms with E-state index in [9.17, 15) is 18.7 Å². The van der Waals surface area contributed by atoms with Crippen LogP contribution in [0.2, 0.25) is 5.02 Å². The third kappa shape index (κ3) is 6.21. The summed E-state index contributed by atoms with van der Waals surface area (Å²) in [7, 11) is 0. The van der Waals surface area contributed by atoms with E-state index in [4.69, 9.17) is 11.6 Å². The molecule has 2 aromatic carbocycles. The summed E-state index contributed by atoms with van der Waals surface area (Å²) < 4.78 is 28.9. The molecule has 0 bridgehead atoms. The maximum absolute atomic E-state index is 13.9. The number of nitrogens with zero attached hydrogens (tertiary/aromatic N) is 5. The zero-order chi connectivity index (χ0) is 27.7. The van der Waals surface area contributed by atoms with Crippen molar-refractivity contribution in [1.29, 1.82) is 0 Å². The van der Waals surface area contributed by atoms with Crippen LogP contribution in [-0.4, -0.2) is 71.1 Å². The molecule has 2 aliphatic heterocycles. The molecule has 11 heteroatoms. The molecule has 40 heavy (non-hydrogen) atoms. The van der Waals surface area contributed by atoms with Gasteiger partial charge in [-0.3, -0.25) is 9.58 Å². The Hall–Kier alpha value is -2.88. The Morgan fingerprint density at radius 3 is 2.35 bits per heavy atom. The zero-order valence-corrected chi connectivity index (χ0v) is 24.2. The first-order chi connectivity index (χ1) is 18.7. The van der Waals surface area contributed by atoms with Crippen LogP contribution in [0.1, 0.15) is 55.2 Å². The summed E-state index contributed by atoms with van der Waals surface area (Å²) in [4.78, 5) is 18.5. The van der Waals surface area contributed by atoms with Crippen LogP contribution in [0.5, 0.6) is 0 Å². The molecule has 1 atom stereocenters. The number of carboxylic acids is 1. The Morgan fingerprint density at radius 2 is 1.73 bits per heavy atom. The van der Waals surface area contributed by atoms with Gasteiger partial charge in [-0.25, -0.2) is 13.6 Å². The number of hydrogen-bond donors (Lipinski definition) is 1. The highest BCUT2D eigenvalue weighted by Gasteiger charge is 2.31. The highest BCUT2D eigenvalue weighted by atomic mass is 35.5. The number of hydrogen-bond acceptors (Lipinski definition) is 5. The lowest BCUT2D eigenvalue weighted by Gasteiger charge is -2.38. The van der Waals surface area contributed by atoms with Crippen LogP contribution in [0, 0.1) is 0 Å². The van der Waals surface area contributed by atoms with E-state index in [2.05, 4.69) is 57.9 Å². The van der Waals surface area contributed by atoms with Gasteiger partial charge < -0.3 is 14.9 Å². The Morgan fingerprint density at radius 1 is 1.02 bits per heavy atom. The monoisotopic (exact) mass is 593 g/mol. The summed E-state index contributed by atoms with van der Waals surface area (Å²) in [5, 5.41) is 14.0. The van der Waals surface area contributed by atoms with Crippen molar-refractivity contribution in [3.05, 3.63) is 64.9 Å². The maximum Gasteiger partial charge on any atom is 0.339 e. The smallest absolute Gasteiger partial charge is 0.339 e. The number of alkyl halides is 2. The Bertz CT molecular complexity index is 1310. The van der Waals surface area contributed by atoms with E-state index >= 15 is 0 Å². The molecule has 0 aliphatic carbocycles. The molecule has 0 spiro atoms. The minimum atomic E-state index is -2.93. The third-order valence-electron chi connectivity index (χ3n) is 7.90. The number of benzene rings is 2. The second-order valence-corrected chi connectivity index (χ2v) is 11.0. The van der Waals surface area contributed by atoms with Crippen molar-refractivity contribution in [3.8, 4) is 11.1 Å². The van der Waals surface area contributed by atoms with Gasteiger partial charge in [0.2, 0.25) is 0 Å². The van der Waals surface area contributed by atoms with E-state index < -0.39 is 23.7 Å². The molecule has 5 rings (SSSR count). The maximum atomic E-state index is 13.9. The largest absolute Gasteiger partial charge is 0.478 e. The number of aromatic carboxylic acids is 1. The van der Waals surface area contributed by atoms with Gasteiger partial charge in [0.05, 0.1) is 12.2 Å². The summed E-state index contributed by atoms with van der Waals surface area (Å²) in [6, 6.07) is 14.5. The molecule has 1 unspecified atom stereocenters. The van der Waals surface area contributed by atoms with E-state index in [1.165, 1.54) is 10.4 Å². The standard InChI is InChI=1S/C29H34ClF2N5O2.ClH/c1-19(2)34-12-14-35(15-13-34)22-8-5-20(6-9-22)24-10-7-21(30)16-26(24)36-11-3-4-23(18-36)37-27(28(31)32)25(17-33-37)29(38)39;/h5-10,16-17,19,23,28H,3-4,11-15,18H2,1-2H3,(H,38,39);1H. The van der Waals surface area contributed by atoms with E-state index in [0.29, 0.717) is 24.0 Å². The normalized spacial score (nSPS) is 18.3. The lowest BCUT2D eigenvalue weighted by atomic mass is 9.99. The fraction of sp³-hybridized carbons (Fsp3) is 0.448. The van der Waals surface area contributed by atoms with Crippen molar-refractivity contribution in [1.82, 2.24) is 14.7 Å². The van der Waals surface area contributed by atoms with Gasteiger partial charge in [0.25, 0.3) is 6.43 Å². The Balaban J connectivity index is 0.00000370. The van der Waals surface area contributed by atoms with Crippen molar-refractivity contribution in [2.45, 2.75) is 45.2 Å². The quantitative estimate of drug-likeness (QED) is 0.331. The number of anilines is 2. The summed E-state index contributed by atoms with van der Waals surface area (Å²) >= 11 is 6.42. The molecule has 3 heterocycles. The van der Waals surface area contributed by atoms with Gasteiger partial charge in [-0.05, 0) is 56.5 Å². The molecule has 1 aromatic heterocycles. The van der Waals surface area contributed by atoms with Gasteiger partial charge in [-0.2, -0.15) is 5.10 Å². The van der Waals surface area contributed by atoms with Crippen LogP contribution >= 0.6 is 24.0 Å². The number of piperazine rings is 1. The second-order valence-electron chi connectivity index (χ2n) is 10.6. The Kier molecular flexibility index (Phi) is 9.59. The van der Waals surface area contributed by atoms with Gasteiger partial charge in [0.1, 0.15) is 11.3 Å². The van der Waals surface area contributed by atoms with Gasteiger partial charge in [-0.15, -0.1) is 12.4 Å². The molecule has 0 radical (unpaired) electrons. The average Bonchev–Trinajstić information content (AvgIpc) is 3.40. The molecule has 2 aliphatic rings. The molecular weight excluding hydrogens is 559 g/mol. The fourth-order valence-electron chi connectivity index (χ4n) is 5.78. The first kappa shape index (κ1) is 30.1. The summed E-state index contributed by atoms with van der Waals surface area (Å²) in [6.07, 6.45) is -0.519. The van der Waals surface area contributed by atoms with Crippen molar-refractivity contribution in [3.63, 3.8) is 0 Å². The number of carbonyl (C=O) groups is 1. The number of aromatic nitrogens is 2. The number of carboxylic acid groups (broad SMARTS) is 1. The lowest BCUT2D eigenvalue weighted by Crippen LogP contribution is -2.48. The lowest BCUT2D eigenvalue weighted by molar-refractivity contribution is 0.0681. The first-order valence-corrected chi connectivity index (χ1v) is 13.8. The minimum Gasteiger partial charge on any atom is -0.478 e. The average molecular weight is 595 g/mol. The van der Waals surface area contributed by atoms with Crippen molar-refractivity contribution in [2.75, 3.05) is 49.1 Å². The molecular formula is C29H35Cl2F2N5O2. The molecule has 2 saturated heterocycles. The second kappa shape index (κ2) is 12.7. The van der Waals surface area contributed by atoms with Crippen LogP contribution in [0.3, 0.4) is 0 Å². The van der Waals surface area contributed by atoms with Crippen LogP contribution < -0.4 is 9.80 Å². The highest BCUT2D eigenvalue weighted by molar-refractivity contribution is 6.31. The van der Waals surface area contributed by atoms with Gasteiger partial charge >= 0.3 is 5.97 Å². The zero-order valence-electron chi connectivity index (χ0n) is 22.6. The van der Waals surface area contributed by atoms with Gasteiger partial charge in [-0.1, -0.05) is 29.8 Å². The third-order valence-corrected chi connectivity index (χ3v) is 8.14. The number of rotatable bonds is 7. The molecule has 3 aromatic rings. The molecule has 216 valence electrons. The fourth-order valence-corrected chi connectivity index (χ4v) is 5.94. The van der Waals surface area contributed by atoms with Crippen molar-refractivity contribution < 1.29 is 18.7 Å². The molecule has 2 fully saturated rings. The molecule has 7 nitrogen and oxygen atoms in total. The predicted molar refractivity (Wildman–Crippen MR) is 158 cm³/mol. The van der Waals surface area contributed by atoms with Gasteiger partial charge in [0, 0.05) is 67.3 Å². The highest BCUT2D eigenvalue weighted by Crippen LogP contribution is 2.38. The van der Waals surface area contributed by atoms with E-state index in [1.54, 1.807) is 0 Å². The van der Waals surface area contributed by atoms with Crippen LogP contribution in [0.25, 0.3) is 11.1 Å². The van der Waals surface area contributed by atoms with E-state index in [-0.39, 0.29) is 18.4 Å². The molecule has 0 saturated carbocycles. The van der Waals surface area contributed by atoms with E-state index in [0.717, 1.165) is 62.2 Å². The van der Waals surface area contributed by atoms with E-state index in [1.807, 2.05) is 18.2 Å². The van der Waals surface area contributed by atoms with Crippen molar-refractivity contribution in [2.24, 2.45) is 0 Å². The predicted octanol–water partition coefficient (Wildman–Crippen LogP) is 6.63. The SMILES string of the molecule is CC(C)N1CCN(c2ccc(-c3ccc(Cl)cc3N3CCCC(n4ncc(C(=O)O)c4C(F)F)C3)cc2)CC1.Cl. The number of piperidine rings is 1.